The highest BCUT2D eigenvalue weighted by molar-refractivity contribution is 5.94. The van der Waals surface area contributed by atoms with Gasteiger partial charge in [0.05, 0.1) is 16.0 Å². The van der Waals surface area contributed by atoms with Crippen LogP contribution in [0.5, 0.6) is 0 Å². The van der Waals surface area contributed by atoms with Gasteiger partial charge in [-0.25, -0.2) is 4.98 Å². The van der Waals surface area contributed by atoms with Crippen LogP contribution in [0.25, 0.3) is 11.0 Å². The smallest absolute Gasteiger partial charge is 0.289 e. The lowest BCUT2D eigenvalue weighted by atomic mass is 10.3. The summed E-state index contributed by atoms with van der Waals surface area (Å²) in [6.45, 7) is 2.98. The molecule has 8 nitrogen and oxygen atoms in total. The number of benzene rings is 1. The second-order valence-corrected chi connectivity index (χ2v) is 5.14. The zero-order valence-corrected chi connectivity index (χ0v) is 11.6. The molecule has 1 aliphatic rings. The number of imidazole rings is 1. The topological polar surface area (TPSA) is 95.4 Å². The SMILES string of the molecule is CN1CCN(C(=O)c2nc3cc([N+](=O)[O-])ccc3[nH]2)CC1. The van der Waals surface area contributed by atoms with Gasteiger partial charge in [0.25, 0.3) is 11.6 Å². The molecule has 0 aliphatic carbocycles. The van der Waals surface area contributed by atoms with Crippen LogP contribution in [-0.4, -0.2) is 63.8 Å². The molecular weight excluding hydrogens is 274 g/mol. The van der Waals surface area contributed by atoms with Gasteiger partial charge in [0.2, 0.25) is 0 Å². The summed E-state index contributed by atoms with van der Waals surface area (Å²) >= 11 is 0. The van der Waals surface area contributed by atoms with Crippen LogP contribution in [0.3, 0.4) is 0 Å². The van der Waals surface area contributed by atoms with Gasteiger partial charge in [-0.3, -0.25) is 14.9 Å². The molecule has 1 aliphatic heterocycles. The number of likely N-dealkylation sites (N-methyl/N-ethyl adjacent to an activating group) is 1. The molecule has 2 aromatic rings. The number of piperazine rings is 1. The van der Waals surface area contributed by atoms with E-state index in [2.05, 4.69) is 14.9 Å². The molecule has 0 bridgehead atoms. The fourth-order valence-corrected chi connectivity index (χ4v) is 2.37. The van der Waals surface area contributed by atoms with Crippen molar-refractivity contribution in [3.63, 3.8) is 0 Å². The number of carbonyl (C=O) groups excluding carboxylic acids is 1. The monoisotopic (exact) mass is 289 g/mol. The number of aromatic amines is 1. The van der Waals surface area contributed by atoms with Crippen molar-refractivity contribution in [2.45, 2.75) is 0 Å². The molecule has 110 valence electrons. The van der Waals surface area contributed by atoms with E-state index in [1.807, 2.05) is 7.05 Å². The number of nitro groups is 1. The van der Waals surface area contributed by atoms with Crippen LogP contribution in [0.2, 0.25) is 0 Å². The van der Waals surface area contributed by atoms with Gasteiger partial charge in [-0.2, -0.15) is 0 Å². The first-order chi connectivity index (χ1) is 10.0. The minimum Gasteiger partial charge on any atom is -0.334 e. The summed E-state index contributed by atoms with van der Waals surface area (Å²) in [5, 5.41) is 10.8. The number of rotatable bonds is 2. The van der Waals surface area contributed by atoms with Gasteiger partial charge in [0.1, 0.15) is 0 Å². The number of nitro benzene ring substituents is 1. The average Bonchev–Trinajstić information content (AvgIpc) is 2.90. The molecule has 1 aromatic carbocycles. The molecule has 8 heteroatoms. The number of fused-ring (bicyclic) bond motifs is 1. The lowest BCUT2D eigenvalue weighted by Gasteiger charge is -2.31. The first-order valence-electron chi connectivity index (χ1n) is 6.66. The molecule has 1 fully saturated rings. The van der Waals surface area contributed by atoms with E-state index in [1.54, 1.807) is 11.0 Å². The third-order valence-electron chi connectivity index (χ3n) is 3.67. The Kier molecular flexibility index (Phi) is 3.30. The van der Waals surface area contributed by atoms with Crippen molar-refractivity contribution in [1.82, 2.24) is 19.8 Å². The Bertz CT molecular complexity index is 703. The Morgan fingerprint density at radius 3 is 2.71 bits per heavy atom. The summed E-state index contributed by atoms with van der Waals surface area (Å²) in [6, 6.07) is 4.33. The number of hydrogen-bond donors (Lipinski definition) is 1. The molecule has 1 amide bonds. The van der Waals surface area contributed by atoms with Crippen LogP contribution in [0.4, 0.5) is 5.69 Å². The van der Waals surface area contributed by atoms with Gasteiger partial charge in [0.15, 0.2) is 5.82 Å². The number of aromatic nitrogens is 2. The average molecular weight is 289 g/mol. The van der Waals surface area contributed by atoms with Crippen LogP contribution >= 0.6 is 0 Å². The van der Waals surface area contributed by atoms with Gasteiger partial charge in [-0.05, 0) is 13.1 Å². The van der Waals surface area contributed by atoms with Crippen molar-refractivity contribution in [3.05, 3.63) is 34.1 Å². The fourth-order valence-electron chi connectivity index (χ4n) is 2.37. The predicted octanol–water partition coefficient (Wildman–Crippen LogP) is 0.859. The van der Waals surface area contributed by atoms with Gasteiger partial charge in [-0.15, -0.1) is 0 Å². The van der Waals surface area contributed by atoms with Crippen molar-refractivity contribution in [1.29, 1.82) is 0 Å². The molecule has 1 N–H and O–H groups in total. The number of non-ortho nitro benzene ring substituents is 1. The molecule has 1 aromatic heterocycles. The number of H-pyrrole nitrogens is 1. The molecule has 0 radical (unpaired) electrons. The van der Waals surface area contributed by atoms with Crippen molar-refractivity contribution in [2.24, 2.45) is 0 Å². The summed E-state index contributed by atoms with van der Waals surface area (Å²) in [7, 11) is 2.02. The van der Waals surface area contributed by atoms with Gasteiger partial charge in [0, 0.05) is 38.3 Å². The highest BCUT2D eigenvalue weighted by Gasteiger charge is 2.23. The zero-order chi connectivity index (χ0) is 15.0. The second kappa shape index (κ2) is 5.13. The first kappa shape index (κ1) is 13.5. The van der Waals surface area contributed by atoms with Crippen LogP contribution in [-0.2, 0) is 0 Å². The predicted molar refractivity (Wildman–Crippen MR) is 76.1 cm³/mol. The molecule has 0 atom stereocenters. The molecular formula is C13H15N5O3. The van der Waals surface area contributed by atoms with E-state index >= 15 is 0 Å². The van der Waals surface area contributed by atoms with E-state index in [9.17, 15) is 14.9 Å². The molecule has 0 unspecified atom stereocenters. The first-order valence-corrected chi connectivity index (χ1v) is 6.66. The van der Waals surface area contributed by atoms with Gasteiger partial charge < -0.3 is 14.8 Å². The third-order valence-corrected chi connectivity index (χ3v) is 3.67. The number of amides is 1. The van der Waals surface area contributed by atoms with E-state index < -0.39 is 4.92 Å². The quantitative estimate of drug-likeness (QED) is 0.653. The Balaban J connectivity index is 1.86. The van der Waals surface area contributed by atoms with E-state index in [4.69, 9.17) is 0 Å². The number of nitrogens with one attached hydrogen (secondary N) is 1. The third kappa shape index (κ3) is 2.57. The Morgan fingerprint density at radius 2 is 2.05 bits per heavy atom. The summed E-state index contributed by atoms with van der Waals surface area (Å²) < 4.78 is 0. The Hall–Kier alpha value is -2.48. The van der Waals surface area contributed by atoms with Crippen LogP contribution in [0, 0.1) is 10.1 Å². The van der Waals surface area contributed by atoms with Gasteiger partial charge in [-0.1, -0.05) is 0 Å². The maximum Gasteiger partial charge on any atom is 0.289 e. The number of carbonyl (C=O) groups is 1. The largest absolute Gasteiger partial charge is 0.334 e. The van der Waals surface area contributed by atoms with Crippen molar-refractivity contribution >= 4 is 22.6 Å². The summed E-state index contributed by atoms with van der Waals surface area (Å²) in [5.41, 5.74) is 1.02. The van der Waals surface area contributed by atoms with E-state index in [1.165, 1.54) is 12.1 Å². The molecule has 2 heterocycles. The minimum absolute atomic E-state index is 0.0346. The van der Waals surface area contributed by atoms with Crippen LogP contribution in [0.15, 0.2) is 18.2 Å². The minimum atomic E-state index is -0.476. The Labute approximate surface area is 120 Å². The highest BCUT2D eigenvalue weighted by Crippen LogP contribution is 2.19. The van der Waals surface area contributed by atoms with Crippen molar-refractivity contribution in [3.8, 4) is 0 Å². The molecule has 3 rings (SSSR count). The molecule has 1 saturated heterocycles. The lowest BCUT2D eigenvalue weighted by molar-refractivity contribution is -0.384. The summed E-state index contributed by atoms with van der Waals surface area (Å²) in [5.74, 6) is 0.0667. The molecule has 21 heavy (non-hydrogen) atoms. The summed E-state index contributed by atoms with van der Waals surface area (Å²) in [4.78, 5) is 33.7. The normalized spacial score (nSPS) is 16.3. The van der Waals surface area contributed by atoms with E-state index in [0.29, 0.717) is 24.1 Å². The van der Waals surface area contributed by atoms with Crippen molar-refractivity contribution < 1.29 is 9.72 Å². The summed E-state index contributed by atoms with van der Waals surface area (Å²) in [6.07, 6.45) is 0. The Morgan fingerprint density at radius 1 is 1.33 bits per heavy atom. The maximum absolute atomic E-state index is 12.4. The fraction of sp³-hybridized carbons (Fsp3) is 0.385. The van der Waals surface area contributed by atoms with Gasteiger partial charge >= 0.3 is 0 Å². The number of nitrogens with zero attached hydrogens (tertiary/aromatic N) is 4. The maximum atomic E-state index is 12.4. The molecule has 0 saturated carbocycles. The van der Waals surface area contributed by atoms with Crippen LogP contribution in [0.1, 0.15) is 10.6 Å². The van der Waals surface area contributed by atoms with E-state index in [-0.39, 0.29) is 17.4 Å². The zero-order valence-electron chi connectivity index (χ0n) is 11.6. The molecule has 0 spiro atoms. The van der Waals surface area contributed by atoms with E-state index in [0.717, 1.165) is 13.1 Å². The van der Waals surface area contributed by atoms with Crippen LogP contribution < -0.4 is 0 Å². The standard InChI is InChI=1S/C13H15N5O3/c1-16-4-6-17(7-5-16)13(19)12-14-10-3-2-9(18(20)21)8-11(10)15-12/h2-3,8H,4-7H2,1H3,(H,14,15). The number of hydrogen-bond acceptors (Lipinski definition) is 5. The second-order valence-electron chi connectivity index (χ2n) is 5.14. The van der Waals surface area contributed by atoms with Crippen molar-refractivity contribution in [2.75, 3.05) is 33.2 Å². The lowest BCUT2D eigenvalue weighted by Crippen LogP contribution is -2.47. The highest BCUT2D eigenvalue weighted by atomic mass is 16.6.